The first kappa shape index (κ1) is 19.0. The molecule has 0 saturated carbocycles. The summed E-state index contributed by atoms with van der Waals surface area (Å²) in [5.74, 6) is 0.648. The summed E-state index contributed by atoms with van der Waals surface area (Å²) in [6.07, 6.45) is 5.37. The molecule has 1 aliphatic rings. The van der Waals surface area contributed by atoms with Crippen molar-refractivity contribution >= 4 is 45.2 Å². The molecule has 30 heavy (non-hydrogen) atoms. The van der Waals surface area contributed by atoms with Crippen LogP contribution < -0.4 is 10.2 Å². The number of hydrogen-bond donors (Lipinski definition) is 2. The molecular formula is C21H21ClFN7. The predicted molar refractivity (Wildman–Crippen MR) is 117 cm³/mol. The molecule has 2 N–H and O–H groups in total. The van der Waals surface area contributed by atoms with Gasteiger partial charge in [0.15, 0.2) is 11.5 Å². The fourth-order valence-corrected chi connectivity index (χ4v) is 4.42. The highest BCUT2D eigenvalue weighted by Gasteiger charge is 2.26. The van der Waals surface area contributed by atoms with Crippen LogP contribution in [0.2, 0.25) is 5.02 Å². The van der Waals surface area contributed by atoms with E-state index in [1.54, 1.807) is 12.5 Å². The Morgan fingerprint density at radius 2 is 2.20 bits per heavy atom. The molecule has 2 unspecified atom stereocenters. The average Bonchev–Trinajstić information content (AvgIpc) is 3.23. The minimum Gasteiger partial charge on any atom is -0.367 e. The zero-order chi connectivity index (χ0) is 20.7. The zero-order valence-electron chi connectivity index (χ0n) is 16.4. The van der Waals surface area contributed by atoms with E-state index in [0.717, 1.165) is 40.6 Å². The van der Waals surface area contributed by atoms with Crippen molar-refractivity contribution in [1.29, 1.82) is 0 Å². The van der Waals surface area contributed by atoms with E-state index in [2.05, 4.69) is 35.1 Å². The summed E-state index contributed by atoms with van der Waals surface area (Å²) in [4.78, 5) is 22.5. The van der Waals surface area contributed by atoms with Crippen molar-refractivity contribution in [3.63, 3.8) is 0 Å². The lowest BCUT2D eigenvalue weighted by molar-refractivity contribution is 0.287. The topological polar surface area (TPSA) is 82.6 Å². The van der Waals surface area contributed by atoms with E-state index in [1.807, 2.05) is 25.1 Å². The maximum absolute atomic E-state index is 14.3. The SMILES string of the molecule is CC(Nc1ncnc2nc[nH]c12)c1cc(Cl)c2cccnc2c1N1CCCC(F)C1. The van der Waals surface area contributed by atoms with Crippen molar-refractivity contribution in [1.82, 2.24) is 24.9 Å². The van der Waals surface area contributed by atoms with Crippen LogP contribution in [0.25, 0.3) is 22.1 Å². The molecule has 0 aliphatic carbocycles. The monoisotopic (exact) mass is 425 g/mol. The molecule has 4 heterocycles. The smallest absolute Gasteiger partial charge is 0.182 e. The fourth-order valence-electron chi connectivity index (χ4n) is 4.15. The number of imidazole rings is 1. The highest BCUT2D eigenvalue weighted by Crippen LogP contribution is 2.40. The van der Waals surface area contributed by atoms with Crippen molar-refractivity contribution in [2.45, 2.75) is 32.0 Å². The number of nitrogens with zero attached hydrogens (tertiary/aromatic N) is 5. The number of aromatic nitrogens is 5. The van der Waals surface area contributed by atoms with Crippen molar-refractivity contribution in [3.05, 3.63) is 47.6 Å². The quantitative estimate of drug-likeness (QED) is 0.494. The summed E-state index contributed by atoms with van der Waals surface area (Å²) in [6, 6.07) is 5.60. The molecule has 154 valence electrons. The van der Waals surface area contributed by atoms with Crippen molar-refractivity contribution in [2.24, 2.45) is 0 Å². The Bertz CT molecular complexity index is 1210. The summed E-state index contributed by atoms with van der Waals surface area (Å²) in [7, 11) is 0. The number of H-pyrrole nitrogens is 1. The standard InChI is InChI=1S/C21H21ClFN7/c1-12(29-21-18-20(26-10-25-18)27-11-28-21)15-8-16(22)14-5-2-6-24-17(14)19(15)30-7-3-4-13(23)9-30/h2,5-6,8,10-13H,3-4,7,9H2,1H3,(H2,25,26,27,28,29). The first-order chi connectivity index (χ1) is 14.6. The van der Waals surface area contributed by atoms with Crippen LogP contribution in [-0.4, -0.2) is 44.2 Å². The largest absolute Gasteiger partial charge is 0.367 e. The Hall–Kier alpha value is -3.00. The van der Waals surface area contributed by atoms with Crippen LogP contribution in [0, 0.1) is 0 Å². The lowest BCUT2D eigenvalue weighted by atomic mass is 9.99. The van der Waals surface area contributed by atoms with Gasteiger partial charge in [0, 0.05) is 30.2 Å². The van der Waals surface area contributed by atoms with Gasteiger partial charge in [-0.25, -0.2) is 19.3 Å². The molecule has 7 nitrogen and oxygen atoms in total. The molecule has 0 amide bonds. The molecule has 3 aromatic heterocycles. The van der Waals surface area contributed by atoms with Gasteiger partial charge in [0.2, 0.25) is 0 Å². The molecule has 0 radical (unpaired) electrons. The second-order valence-electron chi connectivity index (χ2n) is 7.57. The average molecular weight is 426 g/mol. The molecule has 9 heteroatoms. The Morgan fingerprint density at radius 3 is 3.07 bits per heavy atom. The van der Waals surface area contributed by atoms with Crippen LogP contribution in [0.4, 0.5) is 15.9 Å². The van der Waals surface area contributed by atoms with E-state index < -0.39 is 6.17 Å². The van der Waals surface area contributed by atoms with Gasteiger partial charge < -0.3 is 15.2 Å². The number of rotatable bonds is 4. The molecule has 1 fully saturated rings. The number of anilines is 2. The molecule has 0 bridgehead atoms. The van der Waals surface area contributed by atoms with Gasteiger partial charge in [0.25, 0.3) is 0 Å². The molecule has 4 aromatic rings. The number of piperidine rings is 1. The van der Waals surface area contributed by atoms with E-state index in [4.69, 9.17) is 11.6 Å². The Labute approximate surface area is 177 Å². The van der Waals surface area contributed by atoms with Crippen LogP contribution in [-0.2, 0) is 0 Å². The Kier molecular flexibility index (Phi) is 4.86. The summed E-state index contributed by atoms with van der Waals surface area (Å²) >= 11 is 6.62. The second kappa shape index (κ2) is 7.68. The number of nitrogens with one attached hydrogen (secondary N) is 2. The summed E-state index contributed by atoms with van der Waals surface area (Å²) < 4.78 is 14.3. The molecule has 1 aromatic carbocycles. The third-order valence-electron chi connectivity index (χ3n) is 5.57. The van der Waals surface area contributed by atoms with Gasteiger partial charge in [0.1, 0.15) is 18.0 Å². The normalized spacial score (nSPS) is 18.1. The minimum atomic E-state index is -0.851. The molecule has 2 atom stereocenters. The first-order valence-corrected chi connectivity index (χ1v) is 10.4. The van der Waals surface area contributed by atoms with Gasteiger partial charge >= 0.3 is 0 Å². The first-order valence-electron chi connectivity index (χ1n) is 9.98. The van der Waals surface area contributed by atoms with E-state index in [9.17, 15) is 4.39 Å². The summed E-state index contributed by atoms with van der Waals surface area (Å²) in [6.45, 7) is 3.17. The molecule has 5 rings (SSSR count). The van der Waals surface area contributed by atoms with E-state index in [1.165, 1.54) is 6.33 Å². The van der Waals surface area contributed by atoms with Crippen LogP contribution >= 0.6 is 11.6 Å². The zero-order valence-corrected chi connectivity index (χ0v) is 17.2. The number of pyridine rings is 1. The number of alkyl halides is 1. The van der Waals surface area contributed by atoms with Crippen LogP contribution in [0.15, 0.2) is 37.1 Å². The summed E-state index contributed by atoms with van der Waals surface area (Å²) in [5, 5.41) is 4.92. The predicted octanol–water partition coefficient (Wildman–Crippen LogP) is 4.67. The molecule has 1 saturated heterocycles. The third kappa shape index (κ3) is 3.31. The van der Waals surface area contributed by atoms with Gasteiger partial charge in [0.05, 0.1) is 28.6 Å². The summed E-state index contributed by atoms with van der Waals surface area (Å²) in [5.41, 5.74) is 3.99. The van der Waals surface area contributed by atoms with Gasteiger partial charge in [-0.15, -0.1) is 0 Å². The Morgan fingerprint density at radius 1 is 1.30 bits per heavy atom. The number of hydrogen-bond acceptors (Lipinski definition) is 6. The number of aromatic amines is 1. The van der Waals surface area contributed by atoms with Crippen molar-refractivity contribution < 1.29 is 4.39 Å². The van der Waals surface area contributed by atoms with Gasteiger partial charge in [-0.05, 0) is 38.0 Å². The Balaban J connectivity index is 1.62. The van der Waals surface area contributed by atoms with Gasteiger partial charge in [-0.1, -0.05) is 11.6 Å². The van der Waals surface area contributed by atoms with Crippen molar-refractivity contribution in [3.8, 4) is 0 Å². The molecule has 0 spiro atoms. The van der Waals surface area contributed by atoms with Crippen LogP contribution in [0.3, 0.4) is 0 Å². The van der Waals surface area contributed by atoms with Gasteiger partial charge in [-0.2, -0.15) is 0 Å². The lowest BCUT2D eigenvalue weighted by Crippen LogP contribution is -2.37. The maximum Gasteiger partial charge on any atom is 0.182 e. The molecule has 1 aliphatic heterocycles. The van der Waals surface area contributed by atoms with Crippen LogP contribution in [0.5, 0.6) is 0 Å². The number of fused-ring (bicyclic) bond motifs is 2. The lowest BCUT2D eigenvalue weighted by Gasteiger charge is -2.34. The molecular weight excluding hydrogens is 405 g/mol. The third-order valence-corrected chi connectivity index (χ3v) is 5.88. The highest BCUT2D eigenvalue weighted by molar-refractivity contribution is 6.36. The van der Waals surface area contributed by atoms with E-state index in [0.29, 0.717) is 29.5 Å². The number of benzene rings is 1. The van der Waals surface area contributed by atoms with Crippen molar-refractivity contribution in [2.75, 3.05) is 23.3 Å². The fraction of sp³-hybridized carbons (Fsp3) is 0.333. The van der Waals surface area contributed by atoms with Gasteiger partial charge in [-0.3, -0.25) is 4.98 Å². The minimum absolute atomic E-state index is 0.162. The number of halogens is 2. The van der Waals surface area contributed by atoms with Crippen LogP contribution in [0.1, 0.15) is 31.4 Å². The van der Waals surface area contributed by atoms with E-state index in [-0.39, 0.29) is 6.04 Å². The maximum atomic E-state index is 14.3. The van der Waals surface area contributed by atoms with E-state index >= 15 is 0 Å². The highest BCUT2D eigenvalue weighted by atomic mass is 35.5. The second-order valence-corrected chi connectivity index (χ2v) is 7.98.